The van der Waals surface area contributed by atoms with Crippen molar-refractivity contribution in [3.8, 4) is 11.3 Å². The van der Waals surface area contributed by atoms with Crippen LogP contribution in [-0.2, 0) is 6.54 Å². The Balaban J connectivity index is 2.33. The van der Waals surface area contributed by atoms with E-state index in [1.807, 2.05) is 24.4 Å². The van der Waals surface area contributed by atoms with E-state index < -0.39 is 0 Å². The van der Waals surface area contributed by atoms with Crippen molar-refractivity contribution >= 4 is 17.2 Å². The van der Waals surface area contributed by atoms with Gasteiger partial charge in [0, 0.05) is 16.6 Å². The minimum absolute atomic E-state index is 0.123. The van der Waals surface area contributed by atoms with Crippen molar-refractivity contribution < 1.29 is 0 Å². The van der Waals surface area contributed by atoms with Gasteiger partial charge >= 0.3 is 0 Å². The molecule has 2 aromatic heterocycles. The lowest BCUT2D eigenvalue weighted by atomic mass is 10.2. The van der Waals surface area contributed by atoms with Crippen molar-refractivity contribution in [2.45, 2.75) is 13.5 Å². The molecular formula is C10H12N4S. The standard InChI is InChI=1S/C10H12N4S/c1-7-4-9(8-2-3-15-6-8)13-14(7)5-10(11)12/h2-4,6H,5H2,1H3,(H3,11,12). The summed E-state index contributed by atoms with van der Waals surface area (Å²) in [5.74, 6) is 0.123. The maximum atomic E-state index is 7.23. The molecule has 0 amide bonds. The lowest BCUT2D eigenvalue weighted by molar-refractivity contribution is 0.696. The number of hydrogen-bond donors (Lipinski definition) is 2. The first-order chi connectivity index (χ1) is 7.16. The average molecular weight is 220 g/mol. The second-order valence-electron chi connectivity index (χ2n) is 3.37. The van der Waals surface area contributed by atoms with E-state index in [-0.39, 0.29) is 5.84 Å². The minimum Gasteiger partial charge on any atom is -0.386 e. The number of nitrogens with one attached hydrogen (secondary N) is 1. The summed E-state index contributed by atoms with van der Waals surface area (Å²) in [5, 5.41) is 15.7. The highest BCUT2D eigenvalue weighted by molar-refractivity contribution is 7.08. The number of rotatable bonds is 3. The van der Waals surface area contributed by atoms with E-state index in [0.717, 1.165) is 17.0 Å². The number of nitrogens with zero attached hydrogens (tertiary/aromatic N) is 2. The molecule has 0 radical (unpaired) electrons. The number of amidine groups is 1. The molecule has 0 bridgehead atoms. The molecule has 0 fully saturated rings. The summed E-state index contributed by atoms with van der Waals surface area (Å²) < 4.78 is 1.75. The molecule has 0 atom stereocenters. The summed E-state index contributed by atoms with van der Waals surface area (Å²) >= 11 is 1.65. The Hall–Kier alpha value is -1.62. The van der Waals surface area contributed by atoms with E-state index in [1.54, 1.807) is 16.0 Å². The Morgan fingerprint density at radius 2 is 2.47 bits per heavy atom. The van der Waals surface area contributed by atoms with Gasteiger partial charge in [-0.05, 0) is 24.4 Å². The third-order valence-corrected chi connectivity index (χ3v) is 2.80. The van der Waals surface area contributed by atoms with Crippen molar-refractivity contribution in [1.82, 2.24) is 9.78 Å². The summed E-state index contributed by atoms with van der Waals surface area (Å²) in [7, 11) is 0. The molecular weight excluding hydrogens is 208 g/mol. The second-order valence-corrected chi connectivity index (χ2v) is 4.15. The number of aryl methyl sites for hydroxylation is 1. The van der Waals surface area contributed by atoms with Gasteiger partial charge in [0.15, 0.2) is 0 Å². The smallest absolute Gasteiger partial charge is 0.113 e. The fraction of sp³-hybridized carbons (Fsp3) is 0.200. The van der Waals surface area contributed by atoms with Crippen LogP contribution in [0.2, 0.25) is 0 Å². The predicted molar refractivity (Wildman–Crippen MR) is 62.2 cm³/mol. The lowest BCUT2D eigenvalue weighted by Gasteiger charge is -2.00. The maximum absolute atomic E-state index is 7.23. The molecule has 5 heteroatoms. The molecule has 0 aliphatic heterocycles. The number of hydrogen-bond acceptors (Lipinski definition) is 3. The summed E-state index contributed by atoms with van der Waals surface area (Å²) in [4.78, 5) is 0. The zero-order chi connectivity index (χ0) is 10.8. The quantitative estimate of drug-likeness (QED) is 0.612. The highest BCUT2D eigenvalue weighted by Gasteiger charge is 2.06. The van der Waals surface area contributed by atoms with Crippen LogP contribution in [0.5, 0.6) is 0 Å². The van der Waals surface area contributed by atoms with E-state index in [4.69, 9.17) is 11.1 Å². The van der Waals surface area contributed by atoms with Gasteiger partial charge in [-0.25, -0.2) is 0 Å². The molecule has 4 nitrogen and oxygen atoms in total. The molecule has 0 unspecified atom stereocenters. The first-order valence-corrected chi connectivity index (χ1v) is 5.51. The van der Waals surface area contributed by atoms with E-state index >= 15 is 0 Å². The SMILES string of the molecule is Cc1cc(-c2ccsc2)nn1CC(=N)N. The maximum Gasteiger partial charge on any atom is 0.113 e. The molecule has 15 heavy (non-hydrogen) atoms. The molecule has 2 aromatic rings. The molecule has 0 saturated heterocycles. The predicted octanol–water partition coefficient (Wildman–Crippen LogP) is 1.86. The Morgan fingerprint density at radius 3 is 3.07 bits per heavy atom. The van der Waals surface area contributed by atoms with Crippen molar-refractivity contribution in [3.63, 3.8) is 0 Å². The number of thiophene rings is 1. The van der Waals surface area contributed by atoms with E-state index in [1.165, 1.54) is 0 Å². The second kappa shape index (κ2) is 3.86. The van der Waals surface area contributed by atoms with Gasteiger partial charge in [0.25, 0.3) is 0 Å². The molecule has 2 rings (SSSR count). The van der Waals surface area contributed by atoms with Crippen molar-refractivity contribution in [2.24, 2.45) is 5.73 Å². The molecule has 3 N–H and O–H groups in total. The molecule has 0 aliphatic carbocycles. The Labute approximate surface area is 91.9 Å². The van der Waals surface area contributed by atoms with E-state index in [9.17, 15) is 0 Å². The zero-order valence-corrected chi connectivity index (χ0v) is 9.21. The first kappa shape index (κ1) is 9.92. The fourth-order valence-corrected chi connectivity index (χ4v) is 2.03. The van der Waals surface area contributed by atoms with Crippen LogP contribution in [0.3, 0.4) is 0 Å². The summed E-state index contributed by atoms with van der Waals surface area (Å²) in [6.07, 6.45) is 0. The van der Waals surface area contributed by atoms with E-state index in [0.29, 0.717) is 6.54 Å². The third-order valence-electron chi connectivity index (χ3n) is 2.12. The Bertz CT molecular complexity index is 470. The van der Waals surface area contributed by atoms with Gasteiger partial charge in [-0.1, -0.05) is 0 Å². The van der Waals surface area contributed by atoms with Gasteiger partial charge in [-0.2, -0.15) is 16.4 Å². The van der Waals surface area contributed by atoms with Gasteiger partial charge in [0.2, 0.25) is 0 Å². The summed E-state index contributed by atoms with van der Waals surface area (Å²) in [5.41, 5.74) is 8.42. The first-order valence-electron chi connectivity index (χ1n) is 4.57. The molecule has 2 heterocycles. The fourth-order valence-electron chi connectivity index (χ4n) is 1.38. The topological polar surface area (TPSA) is 67.7 Å². The van der Waals surface area contributed by atoms with Crippen LogP contribution >= 0.6 is 11.3 Å². The van der Waals surface area contributed by atoms with Gasteiger partial charge < -0.3 is 5.73 Å². The number of nitrogens with two attached hydrogens (primary N) is 1. The summed E-state index contributed by atoms with van der Waals surface area (Å²) in [6.45, 7) is 2.32. The Morgan fingerprint density at radius 1 is 1.67 bits per heavy atom. The molecule has 0 spiro atoms. The molecule has 0 aliphatic rings. The van der Waals surface area contributed by atoms with Gasteiger partial charge in [0.1, 0.15) is 5.84 Å². The minimum atomic E-state index is 0.123. The number of aromatic nitrogens is 2. The highest BCUT2D eigenvalue weighted by atomic mass is 32.1. The summed E-state index contributed by atoms with van der Waals surface area (Å²) in [6, 6.07) is 4.04. The van der Waals surface area contributed by atoms with Gasteiger partial charge in [0.05, 0.1) is 12.2 Å². The average Bonchev–Trinajstić information content (AvgIpc) is 2.75. The lowest BCUT2D eigenvalue weighted by Crippen LogP contribution is -2.19. The van der Waals surface area contributed by atoms with E-state index in [2.05, 4.69) is 10.5 Å². The molecule has 0 aromatic carbocycles. The van der Waals surface area contributed by atoms with Crippen molar-refractivity contribution in [2.75, 3.05) is 0 Å². The third kappa shape index (κ3) is 2.07. The highest BCUT2D eigenvalue weighted by Crippen LogP contribution is 2.21. The van der Waals surface area contributed by atoms with Gasteiger partial charge in [-0.3, -0.25) is 10.1 Å². The van der Waals surface area contributed by atoms with Crippen LogP contribution in [0.4, 0.5) is 0 Å². The van der Waals surface area contributed by atoms with Gasteiger partial charge in [-0.15, -0.1) is 0 Å². The molecule has 0 saturated carbocycles. The van der Waals surface area contributed by atoms with Crippen LogP contribution in [0.25, 0.3) is 11.3 Å². The van der Waals surface area contributed by atoms with Crippen molar-refractivity contribution in [1.29, 1.82) is 5.41 Å². The van der Waals surface area contributed by atoms with Crippen LogP contribution < -0.4 is 5.73 Å². The Kier molecular flexibility index (Phi) is 2.55. The van der Waals surface area contributed by atoms with Crippen LogP contribution in [0, 0.1) is 12.3 Å². The van der Waals surface area contributed by atoms with Crippen LogP contribution in [-0.4, -0.2) is 15.6 Å². The largest absolute Gasteiger partial charge is 0.386 e. The normalized spacial score (nSPS) is 10.5. The monoisotopic (exact) mass is 220 g/mol. The molecule has 78 valence electrons. The van der Waals surface area contributed by atoms with Crippen LogP contribution in [0.1, 0.15) is 5.69 Å². The van der Waals surface area contributed by atoms with Crippen LogP contribution in [0.15, 0.2) is 22.9 Å². The zero-order valence-electron chi connectivity index (χ0n) is 8.40. The van der Waals surface area contributed by atoms with Crippen molar-refractivity contribution in [3.05, 3.63) is 28.6 Å².